The second-order valence-electron chi connectivity index (χ2n) is 6.78. The van der Waals surface area contributed by atoms with Crippen molar-refractivity contribution in [2.24, 2.45) is 5.92 Å². The van der Waals surface area contributed by atoms with Crippen LogP contribution in [-0.4, -0.2) is 18.5 Å². The van der Waals surface area contributed by atoms with Crippen LogP contribution in [0.2, 0.25) is 0 Å². The predicted molar refractivity (Wildman–Crippen MR) is 84.0 cm³/mol. The lowest BCUT2D eigenvalue weighted by Crippen LogP contribution is -2.44. The first-order chi connectivity index (χ1) is 9.39. The zero-order valence-corrected chi connectivity index (χ0v) is 13.0. The fourth-order valence-electron chi connectivity index (χ4n) is 2.87. The van der Waals surface area contributed by atoms with Gasteiger partial charge in [0.15, 0.2) is 0 Å². The highest BCUT2D eigenvalue weighted by Gasteiger charge is 2.28. The molecule has 2 atom stereocenters. The highest BCUT2D eigenvalue weighted by molar-refractivity contribution is 5.94. The molecule has 1 aromatic carbocycles. The Balaban J connectivity index is 2.16. The fraction of sp³-hybridized carbons (Fsp3) is 0.588. The number of rotatable bonds is 2. The van der Waals surface area contributed by atoms with Gasteiger partial charge < -0.3 is 10.6 Å². The van der Waals surface area contributed by atoms with E-state index in [1.807, 2.05) is 18.2 Å². The maximum atomic E-state index is 12.5. The molecule has 1 aliphatic heterocycles. The average molecular weight is 274 g/mol. The Kier molecular flexibility index (Phi) is 4.48. The molecule has 110 valence electrons. The third-order valence-corrected chi connectivity index (χ3v) is 4.09. The van der Waals surface area contributed by atoms with E-state index in [9.17, 15) is 4.79 Å². The first kappa shape index (κ1) is 15.0. The topological polar surface area (TPSA) is 41.1 Å². The highest BCUT2D eigenvalue weighted by Crippen LogP contribution is 2.30. The Labute approximate surface area is 122 Å². The molecule has 1 aliphatic rings. The van der Waals surface area contributed by atoms with Gasteiger partial charge in [-0.3, -0.25) is 4.79 Å². The van der Waals surface area contributed by atoms with Crippen LogP contribution in [-0.2, 0) is 10.2 Å². The van der Waals surface area contributed by atoms with Crippen LogP contribution in [0.5, 0.6) is 0 Å². The summed E-state index contributed by atoms with van der Waals surface area (Å²) in [5.74, 6) is 0.207. The van der Waals surface area contributed by atoms with Crippen molar-refractivity contribution in [1.29, 1.82) is 0 Å². The molecule has 1 saturated heterocycles. The Hall–Kier alpha value is -1.35. The van der Waals surface area contributed by atoms with Gasteiger partial charge in [0.2, 0.25) is 5.91 Å². The van der Waals surface area contributed by atoms with Gasteiger partial charge in [0.25, 0.3) is 0 Å². The number of hydrogen-bond acceptors (Lipinski definition) is 2. The normalized spacial score (nSPS) is 23.4. The van der Waals surface area contributed by atoms with Crippen LogP contribution in [0.4, 0.5) is 5.69 Å². The molecule has 3 heteroatoms. The van der Waals surface area contributed by atoms with Crippen LogP contribution in [0.15, 0.2) is 24.3 Å². The summed E-state index contributed by atoms with van der Waals surface area (Å²) >= 11 is 0. The van der Waals surface area contributed by atoms with Gasteiger partial charge in [0.1, 0.15) is 0 Å². The highest BCUT2D eigenvalue weighted by atomic mass is 16.1. The molecule has 1 heterocycles. The van der Waals surface area contributed by atoms with E-state index in [4.69, 9.17) is 0 Å². The first-order valence-electron chi connectivity index (χ1n) is 7.53. The summed E-state index contributed by atoms with van der Waals surface area (Å²) in [6.07, 6.45) is 2.04. The van der Waals surface area contributed by atoms with E-state index in [1.165, 1.54) is 5.56 Å². The number of hydrogen-bond donors (Lipinski definition) is 2. The van der Waals surface area contributed by atoms with Gasteiger partial charge in [-0.05, 0) is 43.4 Å². The van der Waals surface area contributed by atoms with E-state index >= 15 is 0 Å². The molecule has 0 bridgehead atoms. The largest absolute Gasteiger partial charge is 0.326 e. The number of nitrogens with one attached hydrogen (secondary N) is 2. The minimum Gasteiger partial charge on any atom is -0.326 e. The molecule has 2 rings (SSSR count). The standard InChI is InChI=1S/C17H26N2O/c1-12-13(8-7-11-18-12)16(20)19-15-10-6-5-9-14(15)17(2,3)4/h5-6,9-10,12-13,18H,7-8,11H2,1-4H3,(H,19,20). The smallest absolute Gasteiger partial charge is 0.229 e. The second kappa shape index (κ2) is 5.96. The number of benzene rings is 1. The Morgan fingerprint density at radius 1 is 1.30 bits per heavy atom. The van der Waals surface area contributed by atoms with E-state index < -0.39 is 0 Å². The fourth-order valence-corrected chi connectivity index (χ4v) is 2.87. The van der Waals surface area contributed by atoms with Crippen LogP contribution in [0.3, 0.4) is 0 Å². The molecular formula is C17H26N2O. The third-order valence-electron chi connectivity index (χ3n) is 4.09. The summed E-state index contributed by atoms with van der Waals surface area (Å²) in [5.41, 5.74) is 2.16. The van der Waals surface area contributed by atoms with Crippen molar-refractivity contribution in [3.8, 4) is 0 Å². The van der Waals surface area contributed by atoms with E-state index in [-0.39, 0.29) is 23.3 Å². The van der Waals surface area contributed by atoms with Crippen molar-refractivity contribution in [3.05, 3.63) is 29.8 Å². The van der Waals surface area contributed by atoms with Crippen molar-refractivity contribution < 1.29 is 4.79 Å². The maximum absolute atomic E-state index is 12.5. The van der Waals surface area contributed by atoms with E-state index in [1.54, 1.807) is 0 Å². The Morgan fingerprint density at radius 2 is 2.00 bits per heavy atom. The van der Waals surface area contributed by atoms with Crippen LogP contribution in [0.1, 0.15) is 46.1 Å². The number of para-hydroxylation sites is 1. The molecule has 0 aliphatic carbocycles. The lowest BCUT2D eigenvalue weighted by Gasteiger charge is -2.30. The number of piperidine rings is 1. The predicted octanol–water partition coefficient (Wildman–Crippen LogP) is 3.31. The van der Waals surface area contributed by atoms with E-state index in [0.717, 1.165) is 25.1 Å². The summed E-state index contributed by atoms with van der Waals surface area (Å²) in [4.78, 5) is 12.5. The summed E-state index contributed by atoms with van der Waals surface area (Å²) in [6, 6.07) is 8.36. The summed E-state index contributed by atoms with van der Waals surface area (Å²) < 4.78 is 0. The van der Waals surface area contributed by atoms with Gasteiger partial charge in [-0.2, -0.15) is 0 Å². The van der Waals surface area contributed by atoms with Crippen molar-refractivity contribution in [2.45, 2.75) is 52.0 Å². The molecule has 1 amide bonds. The maximum Gasteiger partial charge on any atom is 0.229 e. The van der Waals surface area contributed by atoms with Crippen molar-refractivity contribution >= 4 is 11.6 Å². The number of carbonyl (C=O) groups is 1. The van der Waals surface area contributed by atoms with Crippen LogP contribution >= 0.6 is 0 Å². The molecule has 0 spiro atoms. The van der Waals surface area contributed by atoms with Crippen LogP contribution < -0.4 is 10.6 Å². The van der Waals surface area contributed by atoms with E-state index in [0.29, 0.717) is 0 Å². The third kappa shape index (κ3) is 3.40. The molecular weight excluding hydrogens is 248 g/mol. The molecule has 1 fully saturated rings. The van der Waals surface area contributed by atoms with Gasteiger partial charge in [-0.1, -0.05) is 39.0 Å². The average Bonchev–Trinajstić information content (AvgIpc) is 2.38. The quantitative estimate of drug-likeness (QED) is 0.868. The van der Waals surface area contributed by atoms with Gasteiger partial charge in [0.05, 0.1) is 5.92 Å². The summed E-state index contributed by atoms with van der Waals surface area (Å²) in [7, 11) is 0. The van der Waals surface area contributed by atoms with Crippen molar-refractivity contribution in [2.75, 3.05) is 11.9 Å². The number of amides is 1. The summed E-state index contributed by atoms with van der Waals surface area (Å²) in [5, 5.41) is 6.52. The minimum atomic E-state index is 0.0281. The molecule has 2 unspecified atom stereocenters. The molecule has 20 heavy (non-hydrogen) atoms. The molecule has 0 aromatic heterocycles. The molecule has 1 aromatic rings. The van der Waals surface area contributed by atoms with Crippen molar-refractivity contribution in [1.82, 2.24) is 5.32 Å². The lowest BCUT2D eigenvalue weighted by molar-refractivity contribution is -0.121. The molecule has 0 saturated carbocycles. The second-order valence-corrected chi connectivity index (χ2v) is 6.78. The van der Waals surface area contributed by atoms with Gasteiger partial charge in [-0.15, -0.1) is 0 Å². The zero-order valence-electron chi connectivity index (χ0n) is 13.0. The SMILES string of the molecule is CC1NCCCC1C(=O)Nc1ccccc1C(C)(C)C. The monoisotopic (exact) mass is 274 g/mol. The minimum absolute atomic E-state index is 0.0281. The Bertz CT molecular complexity index is 476. The molecule has 2 N–H and O–H groups in total. The van der Waals surface area contributed by atoms with Gasteiger partial charge >= 0.3 is 0 Å². The molecule has 0 radical (unpaired) electrons. The number of carbonyl (C=O) groups excluding carboxylic acids is 1. The van der Waals surface area contributed by atoms with Gasteiger partial charge in [-0.25, -0.2) is 0 Å². The number of anilines is 1. The van der Waals surface area contributed by atoms with Crippen LogP contribution in [0, 0.1) is 5.92 Å². The zero-order chi connectivity index (χ0) is 14.8. The first-order valence-corrected chi connectivity index (χ1v) is 7.53. The van der Waals surface area contributed by atoms with Crippen molar-refractivity contribution in [3.63, 3.8) is 0 Å². The molecule has 3 nitrogen and oxygen atoms in total. The summed E-state index contributed by atoms with van der Waals surface area (Å²) in [6.45, 7) is 9.62. The van der Waals surface area contributed by atoms with Gasteiger partial charge in [0, 0.05) is 11.7 Å². The van der Waals surface area contributed by atoms with Crippen LogP contribution in [0.25, 0.3) is 0 Å². The Morgan fingerprint density at radius 3 is 2.65 bits per heavy atom. The van der Waals surface area contributed by atoms with E-state index in [2.05, 4.69) is 44.4 Å². The lowest BCUT2D eigenvalue weighted by atomic mass is 9.85.